The summed E-state index contributed by atoms with van der Waals surface area (Å²) in [6, 6.07) is 0. The third-order valence-electron chi connectivity index (χ3n) is 6.29. The van der Waals surface area contributed by atoms with E-state index in [9.17, 15) is 9.59 Å². The van der Waals surface area contributed by atoms with Gasteiger partial charge in [-0.15, -0.1) is 0 Å². The van der Waals surface area contributed by atoms with Crippen molar-refractivity contribution in [3.05, 3.63) is 25.6 Å². The lowest BCUT2D eigenvalue weighted by molar-refractivity contribution is -0.160. The minimum atomic E-state index is -0.659. The largest absolute Gasteiger partial charge is 0.357 e. The molecule has 0 saturated carbocycles. The number of amides is 2. The Morgan fingerprint density at radius 1 is 0.714 bits per heavy atom. The van der Waals surface area contributed by atoms with Gasteiger partial charge in [-0.2, -0.15) is 0 Å². The second-order valence-electron chi connectivity index (χ2n) is 10.3. The molecule has 2 amide bonds. The summed E-state index contributed by atoms with van der Waals surface area (Å²) in [6.45, 7) is 26.3. The van der Waals surface area contributed by atoms with Crippen molar-refractivity contribution in [3.8, 4) is 0 Å². The molecule has 0 aromatic heterocycles. The lowest BCUT2D eigenvalue weighted by Crippen LogP contribution is -2.71. The van der Waals surface area contributed by atoms with Crippen LogP contribution in [0, 0.1) is 0 Å². The van der Waals surface area contributed by atoms with Gasteiger partial charge in [-0.25, -0.2) is 0 Å². The molecule has 6 heteroatoms. The van der Waals surface area contributed by atoms with Crippen molar-refractivity contribution in [2.24, 2.45) is 0 Å². The van der Waals surface area contributed by atoms with Crippen LogP contribution in [0.15, 0.2) is 25.6 Å². The predicted molar refractivity (Wildman–Crippen MR) is 114 cm³/mol. The fourth-order valence-corrected chi connectivity index (χ4v) is 5.28. The number of piperazine rings is 2. The Morgan fingerprint density at radius 2 is 1.00 bits per heavy atom. The first-order valence-electron chi connectivity index (χ1n) is 10.1. The second kappa shape index (κ2) is 6.82. The summed E-state index contributed by atoms with van der Waals surface area (Å²) in [5, 5.41) is 0. The summed E-state index contributed by atoms with van der Waals surface area (Å²) in [4.78, 5) is 34.1. The zero-order valence-corrected chi connectivity index (χ0v) is 19.0. The summed E-state index contributed by atoms with van der Waals surface area (Å²) in [5.41, 5.74) is -1.76. The molecule has 0 bridgehead atoms. The first-order valence-corrected chi connectivity index (χ1v) is 10.1. The zero-order valence-electron chi connectivity index (χ0n) is 19.0. The van der Waals surface area contributed by atoms with E-state index in [4.69, 9.17) is 0 Å². The molecule has 0 N–H and O–H groups in total. The maximum Gasteiger partial charge on any atom is 0.248 e. The lowest BCUT2D eigenvalue weighted by Gasteiger charge is -2.56. The highest BCUT2D eigenvalue weighted by Crippen LogP contribution is 2.35. The maximum absolute atomic E-state index is 13.1. The first-order chi connectivity index (χ1) is 12.6. The molecule has 2 saturated heterocycles. The van der Waals surface area contributed by atoms with Crippen molar-refractivity contribution in [1.82, 2.24) is 19.6 Å². The van der Waals surface area contributed by atoms with Crippen LogP contribution >= 0.6 is 0 Å². The average Bonchev–Trinajstić information content (AvgIpc) is 2.53. The Morgan fingerprint density at radius 3 is 1.25 bits per heavy atom. The molecule has 0 unspecified atom stereocenters. The molecule has 158 valence electrons. The molecule has 2 aliphatic rings. The third-order valence-corrected chi connectivity index (χ3v) is 6.29. The number of hydrogen-bond acceptors (Lipinski definition) is 4. The van der Waals surface area contributed by atoms with Crippen molar-refractivity contribution < 1.29 is 9.59 Å². The van der Waals surface area contributed by atoms with Gasteiger partial charge in [0.15, 0.2) is 0 Å². The summed E-state index contributed by atoms with van der Waals surface area (Å²) in [7, 11) is 0. The molecule has 0 aliphatic carbocycles. The van der Waals surface area contributed by atoms with E-state index in [0.29, 0.717) is 26.2 Å². The van der Waals surface area contributed by atoms with Crippen molar-refractivity contribution in [2.45, 2.75) is 77.5 Å². The molecule has 0 radical (unpaired) electrons. The van der Waals surface area contributed by atoms with Gasteiger partial charge >= 0.3 is 0 Å². The van der Waals surface area contributed by atoms with E-state index in [1.165, 1.54) is 0 Å². The van der Waals surface area contributed by atoms with Gasteiger partial charge in [-0.1, -0.05) is 13.2 Å². The van der Waals surface area contributed by atoms with Gasteiger partial charge in [0.1, 0.15) is 11.1 Å². The highest BCUT2D eigenvalue weighted by atomic mass is 16.2. The van der Waals surface area contributed by atoms with Crippen LogP contribution in [0.25, 0.3) is 0 Å². The summed E-state index contributed by atoms with van der Waals surface area (Å²) in [6.07, 6.45) is 3.52. The van der Waals surface area contributed by atoms with Crippen molar-refractivity contribution >= 4 is 11.8 Å². The van der Waals surface area contributed by atoms with E-state index in [1.807, 2.05) is 47.3 Å². The highest BCUT2D eigenvalue weighted by Gasteiger charge is 2.51. The normalized spacial score (nSPS) is 25.7. The van der Waals surface area contributed by atoms with E-state index in [1.54, 1.807) is 12.4 Å². The van der Waals surface area contributed by atoms with Crippen LogP contribution in [0.4, 0.5) is 0 Å². The molecule has 6 nitrogen and oxygen atoms in total. The standard InChI is InChI=1S/C22H38N4O2/c1-11-25-19(3,4)15-23(17(27)21(25,7)8)13-14-24-16-20(5,6)26(12-2)22(9,10)18(24)28/h11-12H,1-2,13-16H2,3-10H3. The average molecular weight is 391 g/mol. The number of carbonyl (C=O) groups is 2. The fourth-order valence-electron chi connectivity index (χ4n) is 5.28. The monoisotopic (exact) mass is 390 g/mol. The van der Waals surface area contributed by atoms with E-state index in [-0.39, 0.29) is 22.9 Å². The SMILES string of the molecule is C=CN1C(C)(C)CN(CCN2CC(C)(C)N(C=C)C(C)(C)C2=O)C(=O)C1(C)C. The van der Waals surface area contributed by atoms with Gasteiger partial charge in [-0.3, -0.25) is 9.59 Å². The summed E-state index contributed by atoms with van der Waals surface area (Å²) in [5.74, 6) is 0.143. The van der Waals surface area contributed by atoms with Gasteiger partial charge in [0.05, 0.1) is 11.1 Å². The number of hydrogen-bond donors (Lipinski definition) is 0. The molecule has 0 aromatic rings. The lowest BCUT2D eigenvalue weighted by atomic mass is 9.86. The van der Waals surface area contributed by atoms with Crippen molar-refractivity contribution in [1.29, 1.82) is 0 Å². The van der Waals surface area contributed by atoms with Crippen LogP contribution in [0.2, 0.25) is 0 Å². The summed E-state index contributed by atoms with van der Waals surface area (Å²) >= 11 is 0. The summed E-state index contributed by atoms with van der Waals surface area (Å²) < 4.78 is 0. The molecule has 0 spiro atoms. The van der Waals surface area contributed by atoms with Crippen LogP contribution in [-0.4, -0.2) is 79.7 Å². The van der Waals surface area contributed by atoms with Gasteiger partial charge in [0.25, 0.3) is 0 Å². The minimum Gasteiger partial charge on any atom is -0.357 e. The minimum absolute atomic E-state index is 0.0717. The van der Waals surface area contributed by atoms with Crippen LogP contribution in [0.5, 0.6) is 0 Å². The van der Waals surface area contributed by atoms with Crippen molar-refractivity contribution in [2.75, 3.05) is 26.2 Å². The maximum atomic E-state index is 13.1. The van der Waals surface area contributed by atoms with Gasteiger partial charge in [-0.05, 0) is 67.8 Å². The van der Waals surface area contributed by atoms with Gasteiger partial charge in [0.2, 0.25) is 11.8 Å². The molecule has 2 aliphatic heterocycles. The van der Waals surface area contributed by atoms with E-state index in [0.717, 1.165) is 0 Å². The topological polar surface area (TPSA) is 47.1 Å². The molecule has 0 aromatic carbocycles. The number of carbonyl (C=O) groups excluding carboxylic acids is 2. The predicted octanol–water partition coefficient (Wildman–Crippen LogP) is 2.68. The smallest absolute Gasteiger partial charge is 0.248 e. The fraction of sp³-hybridized carbons (Fsp3) is 0.727. The Bertz CT molecular complexity index is 620. The second-order valence-corrected chi connectivity index (χ2v) is 10.3. The Hall–Kier alpha value is -1.98. The molecule has 28 heavy (non-hydrogen) atoms. The number of rotatable bonds is 5. The van der Waals surface area contributed by atoms with Crippen LogP contribution in [0.3, 0.4) is 0 Å². The van der Waals surface area contributed by atoms with Crippen molar-refractivity contribution in [3.63, 3.8) is 0 Å². The van der Waals surface area contributed by atoms with Crippen LogP contribution in [0.1, 0.15) is 55.4 Å². The van der Waals surface area contributed by atoms with Crippen LogP contribution in [-0.2, 0) is 9.59 Å². The van der Waals surface area contributed by atoms with Crippen LogP contribution < -0.4 is 0 Å². The highest BCUT2D eigenvalue weighted by molar-refractivity contribution is 5.88. The number of nitrogens with zero attached hydrogens (tertiary/aromatic N) is 4. The molecule has 2 fully saturated rings. The third kappa shape index (κ3) is 3.42. The molecular formula is C22H38N4O2. The Kier molecular flexibility index (Phi) is 5.43. The quantitative estimate of drug-likeness (QED) is 0.724. The Labute approximate surface area is 170 Å². The molecule has 2 heterocycles. The van der Waals surface area contributed by atoms with Gasteiger partial charge in [0, 0.05) is 26.2 Å². The molecular weight excluding hydrogens is 352 g/mol. The zero-order chi connectivity index (χ0) is 21.7. The van der Waals surface area contributed by atoms with E-state index >= 15 is 0 Å². The molecule has 2 rings (SSSR count). The Balaban J connectivity index is 2.19. The van der Waals surface area contributed by atoms with E-state index in [2.05, 4.69) is 40.9 Å². The van der Waals surface area contributed by atoms with E-state index < -0.39 is 11.1 Å². The molecule has 0 atom stereocenters. The first kappa shape index (κ1) is 22.3. The van der Waals surface area contributed by atoms with Gasteiger partial charge < -0.3 is 19.6 Å².